The molecule has 0 aromatic heterocycles. The summed E-state index contributed by atoms with van der Waals surface area (Å²) in [5.41, 5.74) is 0. The maximum absolute atomic E-state index is 11.5. The van der Waals surface area contributed by atoms with Crippen LogP contribution in [0.15, 0.2) is 0 Å². The van der Waals surface area contributed by atoms with Crippen molar-refractivity contribution in [2.45, 2.75) is 84.0 Å². The molecule has 0 heterocycles. The highest BCUT2D eigenvalue weighted by molar-refractivity contribution is 7.80. The third-order valence-corrected chi connectivity index (χ3v) is 4.10. The maximum Gasteiger partial charge on any atom is 0.397 e. The lowest BCUT2D eigenvalue weighted by molar-refractivity contribution is -0.121. The summed E-state index contributed by atoms with van der Waals surface area (Å²) in [6.45, 7) is 2.45. The molecule has 138 valence electrons. The van der Waals surface area contributed by atoms with Crippen molar-refractivity contribution in [2.75, 3.05) is 13.2 Å². The number of unbranched alkanes of at least 4 members (excludes halogenated alkanes) is 9. The van der Waals surface area contributed by atoms with Gasteiger partial charge in [-0.05, 0) is 12.8 Å². The summed E-state index contributed by atoms with van der Waals surface area (Å²) >= 11 is 0. The summed E-state index contributed by atoms with van der Waals surface area (Å²) < 4.78 is 33.1. The number of hydrogen-bond donors (Lipinski definition) is 2. The van der Waals surface area contributed by atoms with Gasteiger partial charge in [-0.25, -0.2) is 4.18 Å². The van der Waals surface area contributed by atoms with E-state index in [0.717, 1.165) is 12.8 Å². The first-order valence-electron chi connectivity index (χ1n) is 8.84. The standard InChI is InChI=1S/C16H33NO5S/c1-2-3-4-5-6-7-8-9-10-11-13-16(18)17-14-12-15-22-23(19,20)21/h2-15H2,1H3,(H,17,18)(H,19,20,21). The minimum atomic E-state index is -4.37. The van der Waals surface area contributed by atoms with E-state index in [-0.39, 0.29) is 12.5 Å². The fraction of sp³-hybridized carbons (Fsp3) is 0.938. The Balaban J connectivity index is 3.24. The Labute approximate surface area is 141 Å². The smallest absolute Gasteiger partial charge is 0.356 e. The molecule has 0 rings (SSSR count). The molecule has 0 aliphatic heterocycles. The summed E-state index contributed by atoms with van der Waals surface area (Å²) in [7, 11) is -4.37. The molecular weight excluding hydrogens is 318 g/mol. The van der Waals surface area contributed by atoms with Gasteiger partial charge in [-0.2, -0.15) is 8.42 Å². The van der Waals surface area contributed by atoms with E-state index in [1.54, 1.807) is 0 Å². The van der Waals surface area contributed by atoms with Crippen molar-refractivity contribution < 1.29 is 21.9 Å². The number of nitrogens with one attached hydrogen (secondary N) is 1. The summed E-state index contributed by atoms with van der Waals surface area (Å²) in [5.74, 6) is -0.0172. The third kappa shape index (κ3) is 19.3. The van der Waals surface area contributed by atoms with Crippen LogP contribution >= 0.6 is 0 Å². The van der Waals surface area contributed by atoms with Gasteiger partial charge in [0.1, 0.15) is 0 Å². The summed E-state index contributed by atoms with van der Waals surface area (Å²) in [6.07, 6.45) is 13.2. The van der Waals surface area contributed by atoms with Gasteiger partial charge < -0.3 is 5.32 Å². The highest BCUT2D eigenvalue weighted by Gasteiger charge is 2.04. The average Bonchev–Trinajstić information content (AvgIpc) is 2.47. The zero-order valence-electron chi connectivity index (χ0n) is 14.4. The van der Waals surface area contributed by atoms with Crippen molar-refractivity contribution in [3.63, 3.8) is 0 Å². The largest absolute Gasteiger partial charge is 0.397 e. The van der Waals surface area contributed by atoms with E-state index in [4.69, 9.17) is 4.55 Å². The Morgan fingerprint density at radius 2 is 1.43 bits per heavy atom. The average molecular weight is 352 g/mol. The van der Waals surface area contributed by atoms with Crippen molar-refractivity contribution in [1.29, 1.82) is 0 Å². The van der Waals surface area contributed by atoms with Crippen LogP contribution in [0.1, 0.15) is 84.0 Å². The Kier molecular flexibility index (Phi) is 14.5. The second-order valence-corrected chi connectivity index (χ2v) is 6.98. The van der Waals surface area contributed by atoms with Crippen LogP contribution in [0.5, 0.6) is 0 Å². The highest BCUT2D eigenvalue weighted by Crippen LogP contribution is 2.11. The zero-order valence-corrected chi connectivity index (χ0v) is 15.2. The monoisotopic (exact) mass is 351 g/mol. The number of carbonyl (C=O) groups is 1. The molecule has 6 nitrogen and oxygen atoms in total. The van der Waals surface area contributed by atoms with Crippen molar-refractivity contribution >= 4 is 16.3 Å². The van der Waals surface area contributed by atoms with E-state index in [0.29, 0.717) is 19.4 Å². The molecule has 0 aromatic rings. The molecule has 0 fully saturated rings. The van der Waals surface area contributed by atoms with Crippen molar-refractivity contribution in [3.05, 3.63) is 0 Å². The molecule has 0 saturated carbocycles. The van der Waals surface area contributed by atoms with E-state index < -0.39 is 10.4 Å². The number of rotatable bonds is 16. The van der Waals surface area contributed by atoms with E-state index in [1.807, 2.05) is 0 Å². The molecule has 0 aromatic carbocycles. The molecule has 0 bridgehead atoms. The molecule has 23 heavy (non-hydrogen) atoms. The van der Waals surface area contributed by atoms with E-state index >= 15 is 0 Å². The van der Waals surface area contributed by atoms with E-state index in [2.05, 4.69) is 16.4 Å². The molecule has 0 atom stereocenters. The van der Waals surface area contributed by atoms with Gasteiger partial charge in [0.05, 0.1) is 6.61 Å². The predicted molar refractivity (Wildman–Crippen MR) is 91.6 cm³/mol. The van der Waals surface area contributed by atoms with Crippen molar-refractivity contribution in [2.24, 2.45) is 0 Å². The molecule has 0 unspecified atom stereocenters. The van der Waals surface area contributed by atoms with Crippen LogP contribution in [0.3, 0.4) is 0 Å². The molecular formula is C16H33NO5S. The Hall–Kier alpha value is -0.660. The molecule has 0 radical (unpaired) electrons. The molecule has 0 spiro atoms. The first-order chi connectivity index (χ1) is 11.0. The number of hydrogen-bond acceptors (Lipinski definition) is 4. The third-order valence-electron chi connectivity index (χ3n) is 3.63. The van der Waals surface area contributed by atoms with Gasteiger partial charge in [-0.15, -0.1) is 0 Å². The molecule has 0 aliphatic rings. The fourth-order valence-electron chi connectivity index (χ4n) is 2.33. The summed E-state index contributed by atoms with van der Waals surface area (Å²) in [4.78, 5) is 11.5. The van der Waals surface area contributed by atoms with Crippen molar-refractivity contribution in [3.8, 4) is 0 Å². The van der Waals surface area contributed by atoms with Gasteiger partial charge >= 0.3 is 10.4 Å². The van der Waals surface area contributed by atoms with Gasteiger partial charge in [0.15, 0.2) is 0 Å². The van der Waals surface area contributed by atoms with Crippen LogP contribution in [-0.2, 0) is 19.4 Å². The lowest BCUT2D eigenvalue weighted by Crippen LogP contribution is -2.25. The minimum Gasteiger partial charge on any atom is -0.356 e. The molecule has 2 N–H and O–H groups in total. The van der Waals surface area contributed by atoms with Gasteiger partial charge in [0, 0.05) is 13.0 Å². The van der Waals surface area contributed by atoms with Crippen molar-refractivity contribution in [1.82, 2.24) is 5.32 Å². The lowest BCUT2D eigenvalue weighted by atomic mass is 10.1. The summed E-state index contributed by atoms with van der Waals surface area (Å²) in [5, 5.41) is 2.70. The first kappa shape index (κ1) is 22.3. The highest BCUT2D eigenvalue weighted by atomic mass is 32.3. The second kappa shape index (κ2) is 14.9. The van der Waals surface area contributed by atoms with E-state index in [1.165, 1.54) is 51.4 Å². The Bertz CT molecular complexity index is 384. The van der Waals surface area contributed by atoms with Crippen LogP contribution in [0.2, 0.25) is 0 Å². The van der Waals surface area contributed by atoms with Crippen LogP contribution in [-0.4, -0.2) is 32.0 Å². The normalized spacial score (nSPS) is 11.6. The van der Waals surface area contributed by atoms with Gasteiger partial charge in [-0.1, -0.05) is 64.7 Å². The van der Waals surface area contributed by atoms with Gasteiger partial charge in [0.2, 0.25) is 5.91 Å². The zero-order chi connectivity index (χ0) is 17.4. The number of amides is 1. The first-order valence-corrected chi connectivity index (χ1v) is 10.2. The lowest BCUT2D eigenvalue weighted by Gasteiger charge is -2.05. The van der Waals surface area contributed by atoms with E-state index in [9.17, 15) is 13.2 Å². The number of carbonyl (C=O) groups excluding carboxylic acids is 1. The fourth-order valence-corrected chi connectivity index (χ4v) is 2.65. The van der Waals surface area contributed by atoms with Crippen LogP contribution in [0, 0.1) is 0 Å². The Morgan fingerprint density at radius 1 is 0.913 bits per heavy atom. The minimum absolute atomic E-state index is 0.0172. The molecule has 0 saturated heterocycles. The van der Waals surface area contributed by atoms with Crippen LogP contribution in [0.25, 0.3) is 0 Å². The predicted octanol–water partition coefficient (Wildman–Crippen LogP) is 3.62. The second-order valence-electron chi connectivity index (χ2n) is 5.89. The van der Waals surface area contributed by atoms with Crippen LogP contribution in [0.4, 0.5) is 0 Å². The SMILES string of the molecule is CCCCCCCCCCCCC(=O)NCCCOS(=O)(=O)O. The van der Waals surface area contributed by atoms with Gasteiger partial charge in [-0.3, -0.25) is 9.35 Å². The van der Waals surface area contributed by atoms with Crippen LogP contribution < -0.4 is 5.32 Å². The topological polar surface area (TPSA) is 92.7 Å². The molecule has 7 heteroatoms. The Morgan fingerprint density at radius 3 is 1.96 bits per heavy atom. The quantitative estimate of drug-likeness (QED) is 0.327. The molecule has 1 amide bonds. The summed E-state index contributed by atoms with van der Waals surface area (Å²) in [6, 6.07) is 0. The van der Waals surface area contributed by atoms with Gasteiger partial charge in [0.25, 0.3) is 0 Å². The maximum atomic E-state index is 11.5. The molecule has 0 aliphatic carbocycles.